The van der Waals surface area contributed by atoms with E-state index in [0.717, 1.165) is 16.9 Å². The van der Waals surface area contributed by atoms with E-state index in [1.54, 1.807) is 18.3 Å². The number of anilines is 1. The molecular formula is C25H18N4O5S. The number of rotatable bonds is 5. The molecule has 1 saturated heterocycles. The predicted molar refractivity (Wildman–Crippen MR) is 131 cm³/mol. The fourth-order valence-corrected chi connectivity index (χ4v) is 4.72. The smallest absolute Gasteiger partial charge is 0.269 e. The van der Waals surface area contributed by atoms with Gasteiger partial charge in [0, 0.05) is 35.6 Å². The van der Waals surface area contributed by atoms with Crippen molar-refractivity contribution in [2.24, 2.45) is 0 Å². The van der Waals surface area contributed by atoms with Crippen LogP contribution in [0.25, 0.3) is 11.3 Å². The zero-order chi connectivity index (χ0) is 23.9. The average molecular weight is 487 g/mol. The van der Waals surface area contributed by atoms with Crippen LogP contribution in [0.2, 0.25) is 0 Å². The van der Waals surface area contributed by atoms with Crippen molar-refractivity contribution in [2.45, 2.75) is 12.1 Å². The molecule has 2 aliphatic rings. The summed E-state index contributed by atoms with van der Waals surface area (Å²) in [5.41, 5.74) is 2.40. The van der Waals surface area contributed by atoms with Gasteiger partial charge in [-0.1, -0.05) is 6.07 Å². The topological polar surface area (TPSA) is 103 Å². The Hall–Kier alpha value is -4.44. The van der Waals surface area contributed by atoms with Crippen LogP contribution in [-0.2, 0) is 0 Å². The lowest BCUT2D eigenvalue weighted by Crippen LogP contribution is -2.29. The zero-order valence-electron chi connectivity index (χ0n) is 18.2. The molecule has 0 bridgehead atoms. The minimum atomic E-state index is -0.427. The van der Waals surface area contributed by atoms with Crippen molar-refractivity contribution >= 4 is 28.7 Å². The molecule has 0 unspecified atom stereocenters. The Kier molecular flexibility index (Phi) is 5.07. The Labute approximate surface area is 205 Å². The van der Waals surface area contributed by atoms with Gasteiger partial charge in [-0.15, -0.1) is 0 Å². The Morgan fingerprint density at radius 3 is 2.63 bits per heavy atom. The van der Waals surface area contributed by atoms with E-state index in [9.17, 15) is 10.1 Å². The molecular weight excluding hydrogens is 468 g/mol. The number of nitro benzene ring substituents is 1. The summed E-state index contributed by atoms with van der Waals surface area (Å²) >= 11 is 5.75. The Balaban J connectivity index is 1.41. The predicted octanol–water partition coefficient (Wildman–Crippen LogP) is 5.16. The van der Waals surface area contributed by atoms with Gasteiger partial charge >= 0.3 is 0 Å². The molecule has 1 N–H and O–H groups in total. The fourth-order valence-electron chi connectivity index (χ4n) is 4.37. The molecule has 2 aromatic heterocycles. The first-order valence-corrected chi connectivity index (χ1v) is 11.2. The molecule has 4 aromatic rings. The van der Waals surface area contributed by atoms with Crippen LogP contribution >= 0.6 is 12.2 Å². The molecule has 2 aromatic carbocycles. The third-order valence-corrected chi connectivity index (χ3v) is 6.33. The Bertz CT molecular complexity index is 1420. The quantitative estimate of drug-likeness (QED) is 0.233. The van der Waals surface area contributed by atoms with Crippen molar-refractivity contribution < 1.29 is 18.8 Å². The summed E-state index contributed by atoms with van der Waals surface area (Å²) in [6.45, 7) is 0.179. The fraction of sp³-hybridized carbons (Fsp3) is 0.120. The van der Waals surface area contributed by atoms with Gasteiger partial charge in [-0.05, 0) is 60.7 Å². The number of thiocarbonyl (C=S) groups is 1. The number of furan rings is 1. The highest BCUT2D eigenvalue weighted by Crippen LogP contribution is 2.45. The molecule has 1 fully saturated rings. The molecule has 0 saturated carbocycles. The van der Waals surface area contributed by atoms with E-state index in [1.165, 1.54) is 12.1 Å². The standard InChI is InChI=1S/C25H18N4O5S/c30-29(31)16-6-4-15(5-7-16)19-10-11-21(34-19)24-23(18-3-1-2-12-26-18)27-25(35)28(24)17-8-9-20-22(13-17)33-14-32-20/h1-13,23-24H,14H2,(H,27,35)/t23-,24+/m1/s1. The van der Waals surface area contributed by atoms with Crippen molar-refractivity contribution in [3.63, 3.8) is 0 Å². The molecule has 9 nitrogen and oxygen atoms in total. The van der Waals surface area contributed by atoms with Gasteiger partial charge in [0.05, 0.1) is 16.7 Å². The molecule has 6 rings (SSSR count). The second-order valence-corrected chi connectivity index (χ2v) is 8.43. The lowest BCUT2D eigenvalue weighted by Gasteiger charge is -2.26. The minimum absolute atomic E-state index is 0.0232. The van der Waals surface area contributed by atoms with Gasteiger partial charge in [-0.2, -0.15) is 0 Å². The highest BCUT2D eigenvalue weighted by molar-refractivity contribution is 7.80. The molecule has 0 amide bonds. The number of nitro groups is 1. The number of hydrogen-bond acceptors (Lipinski definition) is 7. The van der Waals surface area contributed by atoms with Crippen LogP contribution in [0.4, 0.5) is 11.4 Å². The first-order valence-electron chi connectivity index (χ1n) is 10.8. The number of nitrogens with zero attached hydrogens (tertiary/aromatic N) is 3. The number of nitrogens with one attached hydrogen (secondary N) is 1. The van der Waals surface area contributed by atoms with Crippen molar-refractivity contribution in [2.75, 3.05) is 11.7 Å². The maximum absolute atomic E-state index is 11.0. The van der Waals surface area contributed by atoms with Crippen LogP contribution in [-0.4, -0.2) is 21.8 Å². The Morgan fingerprint density at radius 2 is 1.86 bits per heavy atom. The molecule has 0 spiro atoms. The first-order chi connectivity index (χ1) is 17.1. The van der Waals surface area contributed by atoms with E-state index in [0.29, 0.717) is 28.1 Å². The number of benzene rings is 2. The second-order valence-electron chi connectivity index (χ2n) is 8.04. The van der Waals surface area contributed by atoms with Gasteiger partial charge in [0.1, 0.15) is 17.6 Å². The summed E-state index contributed by atoms with van der Waals surface area (Å²) in [5, 5.41) is 14.9. The van der Waals surface area contributed by atoms with Gasteiger partial charge in [-0.3, -0.25) is 15.1 Å². The van der Waals surface area contributed by atoms with Gasteiger partial charge in [-0.25, -0.2) is 0 Å². The molecule has 35 heavy (non-hydrogen) atoms. The van der Waals surface area contributed by atoms with E-state index in [1.807, 2.05) is 53.4 Å². The highest BCUT2D eigenvalue weighted by Gasteiger charge is 2.43. The van der Waals surface area contributed by atoms with Crippen molar-refractivity contribution in [3.05, 3.63) is 101 Å². The molecule has 4 heterocycles. The molecule has 2 atom stereocenters. The van der Waals surface area contributed by atoms with Crippen LogP contribution in [0.3, 0.4) is 0 Å². The summed E-state index contributed by atoms with van der Waals surface area (Å²) in [6, 6.07) is 20.8. The number of fused-ring (bicyclic) bond motifs is 1. The maximum Gasteiger partial charge on any atom is 0.269 e. The average Bonchev–Trinajstić information content (AvgIpc) is 3.62. The van der Waals surface area contributed by atoms with Crippen LogP contribution in [0.5, 0.6) is 11.5 Å². The summed E-state index contributed by atoms with van der Waals surface area (Å²) in [5.74, 6) is 2.59. The summed E-state index contributed by atoms with van der Waals surface area (Å²) in [4.78, 5) is 17.1. The van der Waals surface area contributed by atoms with Gasteiger partial charge < -0.3 is 24.1 Å². The summed E-state index contributed by atoms with van der Waals surface area (Å²) in [7, 11) is 0. The molecule has 0 radical (unpaired) electrons. The van der Waals surface area contributed by atoms with Crippen LogP contribution < -0.4 is 19.7 Å². The number of aromatic nitrogens is 1. The molecule has 0 aliphatic carbocycles. The maximum atomic E-state index is 11.0. The first kappa shape index (κ1) is 21.1. The third kappa shape index (κ3) is 3.73. The number of non-ortho nitro benzene ring substituents is 1. The monoisotopic (exact) mass is 486 g/mol. The number of ether oxygens (including phenoxy) is 2. The highest BCUT2D eigenvalue weighted by atomic mass is 32.1. The SMILES string of the molecule is O=[N+]([O-])c1ccc(-c2ccc([C@H]3[C@@H](c4ccccn4)NC(=S)N3c3ccc4c(c3)OCO4)o2)cc1. The normalized spacial score (nSPS) is 18.5. The van der Waals surface area contributed by atoms with Crippen LogP contribution in [0.15, 0.2) is 83.4 Å². The second kappa shape index (κ2) is 8.41. The van der Waals surface area contributed by atoms with E-state index in [-0.39, 0.29) is 24.6 Å². The zero-order valence-corrected chi connectivity index (χ0v) is 19.0. The molecule has 174 valence electrons. The van der Waals surface area contributed by atoms with E-state index < -0.39 is 4.92 Å². The molecule has 2 aliphatic heterocycles. The van der Waals surface area contributed by atoms with E-state index in [2.05, 4.69) is 10.3 Å². The van der Waals surface area contributed by atoms with Gasteiger partial charge in [0.15, 0.2) is 16.6 Å². The minimum Gasteiger partial charge on any atom is -0.459 e. The van der Waals surface area contributed by atoms with Crippen LogP contribution in [0, 0.1) is 10.1 Å². The lowest BCUT2D eigenvalue weighted by molar-refractivity contribution is -0.384. The van der Waals surface area contributed by atoms with Crippen molar-refractivity contribution in [1.82, 2.24) is 10.3 Å². The van der Waals surface area contributed by atoms with Crippen molar-refractivity contribution in [1.29, 1.82) is 0 Å². The Morgan fingerprint density at radius 1 is 1.03 bits per heavy atom. The largest absolute Gasteiger partial charge is 0.459 e. The third-order valence-electron chi connectivity index (χ3n) is 6.01. The van der Waals surface area contributed by atoms with Gasteiger partial charge in [0.25, 0.3) is 5.69 Å². The van der Waals surface area contributed by atoms with E-state index >= 15 is 0 Å². The van der Waals surface area contributed by atoms with Crippen LogP contribution in [0.1, 0.15) is 23.5 Å². The molecule has 10 heteroatoms. The van der Waals surface area contributed by atoms with Crippen molar-refractivity contribution in [3.8, 4) is 22.8 Å². The number of pyridine rings is 1. The van der Waals surface area contributed by atoms with Gasteiger partial charge in [0.2, 0.25) is 6.79 Å². The van der Waals surface area contributed by atoms with E-state index in [4.69, 9.17) is 26.1 Å². The number of hydrogen-bond donors (Lipinski definition) is 1. The summed E-state index contributed by atoms with van der Waals surface area (Å²) in [6.07, 6.45) is 1.74. The summed E-state index contributed by atoms with van der Waals surface area (Å²) < 4.78 is 17.3. The lowest BCUT2D eigenvalue weighted by atomic mass is 10.0.